The van der Waals surface area contributed by atoms with E-state index in [2.05, 4.69) is 10.6 Å². The Balaban J connectivity index is 1.75. The van der Waals surface area contributed by atoms with Gasteiger partial charge in [0.1, 0.15) is 6.04 Å². The smallest absolute Gasteiger partial charge is 0.374 e. The first kappa shape index (κ1) is 22.1. The average molecular weight is 436 g/mol. The monoisotopic (exact) mass is 436 g/mol. The molecule has 1 aliphatic rings. The van der Waals surface area contributed by atoms with Crippen LogP contribution in [0, 0.1) is 10.1 Å². The second-order valence-corrected chi connectivity index (χ2v) is 7.10. The number of nitrogens with zero attached hydrogens (tertiary/aromatic N) is 2. The molecule has 2 aromatic carbocycles. The molecule has 0 aromatic heterocycles. The summed E-state index contributed by atoms with van der Waals surface area (Å²) in [6, 6.07) is 6.44. The molecule has 1 atom stereocenters. The molecule has 1 aliphatic heterocycles. The molecule has 1 unspecified atom stereocenters. The molecular formula is C20H19F3N4O4. The minimum atomic E-state index is -4.88. The Morgan fingerprint density at radius 1 is 1.19 bits per heavy atom. The lowest BCUT2D eigenvalue weighted by molar-refractivity contribution is -0.385. The summed E-state index contributed by atoms with van der Waals surface area (Å²) in [5.41, 5.74) is -0.314. The minimum absolute atomic E-state index is 0.0734. The van der Waals surface area contributed by atoms with Crippen molar-refractivity contribution in [2.45, 2.75) is 32.5 Å². The average Bonchev–Trinajstić information content (AvgIpc) is 3.10. The van der Waals surface area contributed by atoms with E-state index in [1.54, 1.807) is 23.1 Å². The Bertz CT molecular complexity index is 1060. The highest BCUT2D eigenvalue weighted by Gasteiger charge is 2.36. The molecule has 0 fully saturated rings. The second-order valence-electron chi connectivity index (χ2n) is 7.10. The number of anilines is 3. The van der Waals surface area contributed by atoms with E-state index in [0.29, 0.717) is 24.7 Å². The number of alkyl halides is 3. The molecule has 8 nitrogen and oxygen atoms in total. The van der Waals surface area contributed by atoms with Gasteiger partial charge in [0.05, 0.1) is 16.2 Å². The fourth-order valence-electron chi connectivity index (χ4n) is 3.36. The largest absolute Gasteiger partial charge is 0.418 e. The van der Waals surface area contributed by atoms with Crippen LogP contribution in [0.2, 0.25) is 0 Å². The standard InChI is InChI=1S/C20H19F3N4O4/c1-11(24-14-3-6-18-13(9-14)7-8-26(18)12(2)28)19(29)25-17-5-4-15(27(30)31)10-16(17)20(21,22)23/h3-6,9-11,24H,7-8H2,1-2H3,(H,25,29). The number of carbonyl (C=O) groups excluding carboxylic acids is 2. The lowest BCUT2D eigenvalue weighted by Crippen LogP contribution is -2.32. The quantitative estimate of drug-likeness (QED) is 0.545. The number of hydrogen-bond donors (Lipinski definition) is 2. The van der Waals surface area contributed by atoms with Crippen LogP contribution in [0.4, 0.5) is 35.9 Å². The number of benzene rings is 2. The Hall–Kier alpha value is -3.63. The number of hydrogen-bond acceptors (Lipinski definition) is 5. The van der Waals surface area contributed by atoms with Crippen LogP contribution in [0.5, 0.6) is 0 Å². The number of nitro benzene ring substituents is 1. The van der Waals surface area contributed by atoms with Gasteiger partial charge in [-0.3, -0.25) is 19.7 Å². The predicted molar refractivity (Wildman–Crippen MR) is 108 cm³/mol. The van der Waals surface area contributed by atoms with Crippen LogP contribution in [0.25, 0.3) is 0 Å². The highest BCUT2D eigenvalue weighted by Crippen LogP contribution is 2.37. The van der Waals surface area contributed by atoms with Crippen molar-refractivity contribution in [2.24, 2.45) is 0 Å². The highest BCUT2D eigenvalue weighted by atomic mass is 19.4. The molecular weight excluding hydrogens is 417 g/mol. The van der Waals surface area contributed by atoms with Crippen molar-refractivity contribution >= 4 is 34.6 Å². The Morgan fingerprint density at radius 2 is 1.90 bits per heavy atom. The fraction of sp³-hybridized carbons (Fsp3) is 0.300. The number of halogens is 3. The summed E-state index contributed by atoms with van der Waals surface area (Å²) in [7, 11) is 0. The molecule has 2 amide bonds. The van der Waals surface area contributed by atoms with Gasteiger partial charge in [0.25, 0.3) is 5.69 Å². The van der Waals surface area contributed by atoms with Crippen LogP contribution < -0.4 is 15.5 Å². The number of nitro groups is 1. The number of nitrogens with one attached hydrogen (secondary N) is 2. The SMILES string of the molecule is CC(=O)N1CCc2cc(NC(C)C(=O)Nc3ccc([N+](=O)[O-])cc3C(F)(F)F)ccc21. The van der Waals surface area contributed by atoms with E-state index in [1.807, 2.05) is 0 Å². The number of non-ortho nitro benzene ring substituents is 1. The van der Waals surface area contributed by atoms with Gasteiger partial charge in [0.2, 0.25) is 11.8 Å². The molecule has 1 heterocycles. The number of amides is 2. The van der Waals surface area contributed by atoms with Crippen LogP contribution in [0.15, 0.2) is 36.4 Å². The zero-order valence-corrected chi connectivity index (χ0v) is 16.6. The summed E-state index contributed by atoms with van der Waals surface area (Å²) in [5, 5.41) is 15.9. The molecule has 3 rings (SSSR count). The number of fused-ring (bicyclic) bond motifs is 1. The van der Waals surface area contributed by atoms with Gasteiger partial charge < -0.3 is 15.5 Å². The van der Waals surface area contributed by atoms with Crippen molar-refractivity contribution in [1.82, 2.24) is 0 Å². The van der Waals surface area contributed by atoms with Gasteiger partial charge in [-0.05, 0) is 43.2 Å². The van der Waals surface area contributed by atoms with Crippen LogP contribution >= 0.6 is 0 Å². The number of rotatable bonds is 5. The number of carbonyl (C=O) groups is 2. The summed E-state index contributed by atoms with van der Waals surface area (Å²) < 4.78 is 39.9. The van der Waals surface area contributed by atoms with Crippen LogP contribution in [0.3, 0.4) is 0 Å². The molecule has 0 saturated carbocycles. The van der Waals surface area contributed by atoms with Crippen molar-refractivity contribution < 1.29 is 27.7 Å². The maximum Gasteiger partial charge on any atom is 0.418 e. The third-order valence-corrected chi connectivity index (χ3v) is 4.91. The molecule has 0 spiro atoms. The first-order chi connectivity index (χ1) is 14.5. The summed E-state index contributed by atoms with van der Waals surface area (Å²) in [5.74, 6) is -0.819. The van der Waals surface area contributed by atoms with Gasteiger partial charge in [0.15, 0.2) is 0 Å². The maximum atomic E-state index is 13.3. The maximum absolute atomic E-state index is 13.3. The molecule has 11 heteroatoms. The van der Waals surface area contributed by atoms with E-state index in [0.717, 1.165) is 23.4 Å². The summed E-state index contributed by atoms with van der Waals surface area (Å²) >= 11 is 0. The molecule has 2 aromatic rings. The molecule has 2 N–H and O–H groups in total. The van der Waals surface area contributed by atoms with E-state index in [9.17, 15) is 32.9 Å². The molecule has 0 aliphatic carbocycles. The van der Waals surface area contributed by atoms with E-state index < -0.39 is 40.0 Å². The van der Waals surface area contributed by atoms with Gasteiger partial charge in [-0.25, -0.2) is 0 Å². The topological polar surface area (TPSA) is 105 Å². The molecule has 31 heavy (non-hydrogen) atoms. The Labute approximate surface area is 175 Å². The highest BCUT2D eigenvalue weighted by molar-refractivity contribution is 5.97. The van der Waals surface area contributed by atoms with Crippen LogP contribution in [0.1, 0.15) is 25.0 Å². The van der Waals surface area contributed by atoms with Gasteiger partial charge in [-0.15, -0.1) is 0 Å². The summed E-state index contributed by atoms with van der Waals surface area (Å²) in [4.78, 5) is 35.6. The fourth-order valence-corrected chi connectivity index (χ4v) is 3.36. The van der Waals surface area contributed by atoms with Crippen molar-refractivity contribution in [3.63, 3.8) is 0 Å². The van der Waals surface area contributed by atoms with Crippen LogP contribution in [-0.4, -0.2) is 29.3 Å². The minimum Gasteiger partial charge on any atom is -0.374 e. The Kier molecular flexibility index (Phi) is 5.87. The summed E-state index contributed by atoms with van der Waals surface area (Å²) in [6.45, 7) is 3.51. The van der Waals surface area contributed by atoms with E-state index in [-0.39, 0.29) is 5.91 Å². The van der Waals surface area contributed by atoms with Gasteiger partial charge in [-0.1, -0.05) is 0 Å². The van der Waals surface area contributed by atoms with Crippen molar-refractivity contribution in [1.29, 1.82) is 0 Å². The third-order valence-electron chi connectivity index (χ3n) is 4.91. The van der Waals surface area contributed by atoms with Crippen LogP contribution in [-0.2, 0) is 22.2 Å². The molecule has 0 bridgehead atoms. The zero-order chi connectivity index (χ0) is 22.9. The van der Waals surface area contributed by atoms with Crippen molar-refractivity contribution in [3.05, 3.63) is 57.6 Å². The predicted octanol–water partition coefficient (Wildman–Crippen LogP) is 3.96. The van der Waals surface area contributed by atoms with Gasteiger partial charge in [-0.2, -0.15) is 13.2 Å². The Morgan fingerprint density at radius 3 is 2.52 bits per heavy atom. The first-order valence-corrected chi connectivity index (χ1v) is 9.31. The van der Waals surface area contributed by atoms with E-state index >= 15 is 0 Å². The van der Waals surface area contributed by atoms with Crippen molar-refractivity contribution in [3.8, 4) is 0 Å². The summed E-state index contributed by atoms with van der Waals surface area (Å²) in [6.07, 6.45) is -4.23. The lowest BCUT2D eigenvalue weighted by atomic mass is 10.1. The lowest BCUT2D eigenvalue weighted by Gasteiger charge is -2.19. The second kappa shape index (κ2) is 8.25. The third kappa shape index (κ3) is 4.76. The molecule has 0 radical (unpaired) electrons. The molecule has 164 valence electrons. The molecule has 0 saturated heterocycles. The van der Waals surface area contributed by atoms with E-state index in [1.165, 1.54) is 13.8 Å². The van der Waals surface area contributed by atoms with Gasteiger partial charge >= 0.3 is 6.18 Å². The van der Waals surface area contributed by atoms with Gasteiger partial charge in [0, 0.05) is 37.0 Å². The first-order valence-electron chi connectivity index (χ1n) is 9.31. The zero-order valence-electron chi connectivity index (χ0n) is 16.6. The van der Waals surface area contributed by atoms with E-state index in [4.69, 9.17) is 0 Å². The van der Waals surface area contributed by atoms with Crippen molar-refractivity contribution in [2.75, 3.05) is 22.1 Å². The normalized spacial score (nSPS) is 14.0.